The molecule has 0 aromatic heterocycles. The van der Waals surface area contributed by atoms with Gasteiger partial charge in [0.05, 0.1) is 11.6 Å². The lowest BCUT2D eigenvalue weighted by atomic mass is 10.0. The number of nitrogens with two attached hydrogens (primary N) is 1. The monoisotopic (exact) mass is 460 g/mol. The summed E-state index contributed by atoms with van der Waals surface area (Å²) in [6, 6.07) is 11.7. The lowest BCUT2D eigenvalue weighted by Gasteiger charge is -2.27. The normalized spacial score (nSPS) is 20.9. The van der Waals surface area contributed by atoms with Crippen LogP contribution in [0.25, 0.3) is 11.1 Å². The molecule has 9 heteroatoms. The fourth-order valence-corrected chi connectivity index (χ4v) is 4.42. The lowest BCUT2D eigenvalue weighted by molar-refractivity contribution is -0.137. The maximum Gasteiger partial charge on any atom is 0.416 e. The molecule has 2 saturated heterocycles. The average Bonchev–Trinajstić information content (AvgIpc) is 3.47. The number of rotatable bonds is 3. The molecule has 2 aromatic rings. The van der Waals surface area contributed by atoms with Crippen molar-refractivity contribution in [2.45, 2.75) is 31.1 Å². The van der Waals surface area contributed by atoms with Crippen LogP contribution in [0.3, 0.4) is 0 Å². The Balaban J connectivity index is 1.37. The minimum Gasteiger partial charge on any atom is -0.337 e. The summed E-state index contributed by atoms with van der Waals surface area (Å²) >= 11 is 0. The zero-order valence-electron chi connectivity index (χ0n) is 18.4. The van der Waals surface area contributed by atoms with Crippen LogP contribution in [0.5, 0.6) is 0 Å². The molecular weight excluding hydrogens is 433 g/mol. The van der Waals surface area contributed by atoms with Crippen LogP contribution in [0.4, 0.5) is 18.0 Å². The lowest BCUT2D eigenvalue weighted by Crippen LogP contribution is -2.44. The smallest absolute Gasteiger partial charge is 0.337 e. The Kier molecular flexibility index (Phi) is 6.34. The second-order valence-electron chi connectivity index (χ2n) is 8.73. The number of urea groups is 1. The van der Waals surface area contributed by atoms with Crippen molar-refractivity contribution in [1.29, 1.82) is 0 Å². The van der Waals surface area contributed by atoms with E-state index in [0.717, 1.165) is 24.1 Å². The van der Waals surface area contributed by atoms with Crippen LogP contribution in [0.2, 0.25) is 0 Å². The van der Waals surface area contributed by atoms with Crippen LogP contribution in [-0.2, 0) is 6.18 Å². The molecule has 0 bridgehead atoms. The molecule has 0 spiro atoms. The summed E-state index contributed by atoms with van der Waals surface area (Å²) in [6.45, 7) is 2.32. The van der Waals surface area contributed by atoms with E-state index in [4.69, 9.17) is 5.73 Å². The number of likely N-dealkylation sites (tertiary alicyclic amines) is 2. The van der Waals surface area contributed by atoms with Gasteiger partial charge in [-0.1, -0.05) is 24.3 Å². The number of nitrogens with zero attached hydrogens (tertiary/aromatic N) is 3. The molecule has 2 heterocycles. The number of halogens is 3. The van der Waals surface area contributed by atoms with Crippen molar-refractivity contribution in [3.63, 3.8) is 0 Å². The van der Waals surface area contributed by atoms with Gasteiger partial charge in [-0.05, 0) is 48.2 Å². The molecule has 2 atom stereocenters. The highest BCUT2D eigenvalue weighted by Gasteiger charge is 2.35. The first-order valence-corrected chi connectivity index (χ1v) is 11.0. The maximum atomic E-state index is 13.0. The van der Waals surface area contributed by atoms with Crippen LogP contribution < -0.4 is 5.73 Å². The van der Waals surface area contributed by atoms with Crippen LogP contribution in [0, 0.1) is 0 Å². The number of benzene rings is 2. The van der Waals surface area contributed by atoms with Crippen LogP contribution in [0.15, 0.2) is 48.5 Å². The van der Waals surface area contributed by atoms with Crippen molar-refractivity contribution < 1.29 is 22.8 Å². The molecule has 0 unspecified atom stereocenters. The van der Waals surface area contributed by atoms with Crippen LogP contribution in [-0.4, -0.2) is 71.9 Å². The van der Waals surface area contributed by atoms with Gasteiger partial charge in [-0.2, -0.15) is 13.2 Å². The summed E-state index contributed by atoms with van der Waals surface area (Å²) in [5, 5.41) is 0. The van der Waals surface area contributed by atoms with E-state index in [1.165, 1.54) is 12.1 Å². The number of hydrogen-bond acceptors (Lipinski definition) is 3. The summed E-state index contributed by atoms with van der Waals surface area (Å²) in [5.41, 5.74) is 7.06. The molecule has 4 rings (SSSR count). The fraction of sp³-hybridized carbons (Fsp3) is 0.417. The van der Waals surface area contributed by atoms with Gasteiger partial charge in [0, 0.05) is 44.8 Å². The second-order valence-corrected chi connectivity index (χ2v) is 8.73. The van der Waals surface area contributed by atoms with Gasteiger partial charge in [0.1, 0.15) is 0 Å². The van der Waals surface area contributed by atoms with Gasteiger partial charge in [-0.3, -0.25) is 4.79 Å². The van der Waals surface area contributed by atoms with E-state index in [0.29, 0.717) is 43.7 Å². The Labute approximate surface area is 190 Å². The minimum absolute atomic E-state index is 0.0211. The minimum atomic E-state index is -4.37. The molecule has 2 aliphatic heterocycles. The number of alkyl halides is 3. The average molecular weight is 461 g/mol. The van der Waals surface area contributed by atoms with E-state index in [2.05, 4.69) is 0 Å². The second kappa shape index (κ2) is 9.05. The predicted octanol–water partition coefficient (Wildman–Crippen LogP) is 3.67. The van der Waals surface area contributed by atoms with Crippen molar-refractivity contribution in [3.8, 4) is 11.1 Å². The highest BCUT2D eigenvalue weighted by atomic mass is 19.4. The van der Waals surface area contributed by atoms with Crippen molar-refractivity contribution in [1.82, 2.24) is 14.7 Å². The van der Waals surface area contributed by atoms with Gasteiger partial charge in [0.2, 0.25) is 0 Å². The van der Waals surface area contributed by atoms with Gasteiger partial charge in [-0.15, -0.1) is 0 Å². The third-order valence-electron chi connectivity index (χ3n) is 6.47. The van der Waals surface area contributed by atoms with Crippen LogP contribution in [0.1, 0.15) is 28.8 Å². The zero-order chi connectivity index (χ0) is 23.8. The molecule has 2 aliphatic rings. The van der Waals surface area contributed by atoms with Crippen molar-refractivity contribution in [3.05, 3.63) is 59.7 Å². The van der Waals surface area contributed by atoms with Crippen LogP contribution >= 0.6 is 0 Å². The first-order valence-electron chi connectivity index (χ1n) is 11.0. The topological polar surface area (TPSA) is 69.9 Å². The van der Waals surface area contributed by atoms with Gasteiger partial charge < -0.3 is 20.4 Å². The molecule has 3 amide bonds. The summed E-state index contributed by atoms with van der Waals surface area (Å²) in [6.07, 6.45) is -2.86. The summed E-state index contributed by atoms with van der Waals surface area (Å²) < 4.78 is 38.3. The molecule has 176 valence electrons. The Morgan fingerprint density at radius 2 is 1.45 bits per heavy atom. The highest BCUT2D eigenvalue weighted by molar-refractivity contribution is 5.95. The van der Waals surface area contributed by atoms with Gasteiger partial charge in [-0.25, -0.2) is 4.79 Å². The molecular formula is C24H27F3N4O2. The molecule has 2 aromatic carbocycles. The first-order chi connectivity index (χ1) is 15.6. The van der Waals surface area contributed by atoms with Gasteiger partial charge in [0.15, 0.2) is 0 Å². The van der Waals surface area contributed by atoms with Crippen molar-refractivity contribution in [2.24, 2.45) is 5.73 Å². The predicted molar refractivity (Wildman–Crippen MR) is 119 cm³/mol. The Morgan fingerprint density at radius 3 is 2.00 bits per heavy atom. The van der Waals surface area contributed by atoms with Crippen molar-refractivity contribution >= 4 is 11.9 Å². The fourth-order valence-electron chi connectivity index (χ4n) is 4.42. The summed E-state index contributed by atoms with van der Waals surface area (Å²) in [5.74, 6) is -0.156. The summed E-state index contributed by atoms with van der Waals surface area (Å²) in [7, 11) is 1.73. The third kappa shape index (κ3) is 4.98. The molecule has 2 fully saturated rings. The highest BCUT2D eigenvalue weighted by Crippen LogP contribution is 2.31. The molecule has 33 heavy (non-hydrogen) atoms. The largest absolute Gasteiger partial charge is 0.416 e. The molecule has 6 nitrogen and oxygen atoms in total. The van der Waals surface area contributed by atoms with E-state index < -0.39 is 11.7 Å². The van der Waals surface area contributed by atoms with Gasteiger partial charge >= 0.3 is 12.2 Å². The number of likely N-dealkylation sites (N-methyl/N-ethyl adjacent to an activating group) is 1. The van der Waals surface area contributed by atoms with Crippen molar-refractivity contribution in [2.75, 3.05) is 33.2 Å². The van der Waals surface area contributed by atoms with E-state index in [9.17, 15) is 22.8 Å². The Bertz CT molecular complexity index is 1010. The molecule has 0 radical (unpaired) electrons. The molecule has 0 aliphatic carbocycles. The third-order valence-corrected chi connectivity index (χ3v) is 6.47. The Hall–Kier alpha value is -3.07. The van der Waals surface area contributed by atoms with E-state index in [-0.39, 0.29) is 24.0 Å². The Morgan fingerprint density at radius 1 is 0.909 bits per heavy atom. The van der Waals surface area contributed by atoms with E-state index in [1.807, 2.05) is 0 Å². The number of carbonyl (C=O) groups excluding carboxylic acids is 2. The molecule has 2 N–H and O–H groups in total. The van der Waals surface area contributed by atoms with Gasteiger partial charge in [0.25, 0.3) is 5.91 Å². The quantitative estimate of drug-likeness (QED) is 0.760. The number of amides is 3. The maximum absolute atomic E-state index is 13.0. The zero-order valence-corrected chi connectivity index (χ0v) is 18.4. The number of hydrogen-bond donors (Lipinski definition) is 1. The first kappa shape index (κ1) is 23.1. The SMILES string of the molecule is CN(C(=O)c1ccc(-c2ccc(C(F)(F)F)cc2)cc1)[C@H]1CCN(C(=O)N2CC[C@@H](N)C2)C1. The molecule has 0 saturated carbocycles. The standard InChI is InChI=1S/C24H27F3N4O2/c1-29(21-11-13-31(15-21)23(33)30-12-10-20(28)14-30)22(32)18-4-2-16(3-5-18)17-6-8-19(9-7-17)24(25,26)27/h2-9,20-21H,10-15,28H2,1H3/t20-,21+/m1/s1. The number of carbonyl (C=O) groups is 2. The van der Waals surface area contributed by atoms with E-state index in [1.54, 1.807) is 46.0 Å². The summed E-state index contributed by atoms with van der Waals surface area (Å²) in [4.78, 5) is 30.9. The van der Waals surface area contributed by atoms with E-state index >= 15 is 0 Å².